The third-order valence-electron chi connectivity index (χ3n) is 2.89. The highest BCUT2D eigenvalue weighted by atomic mass is 32.1. The average molecular weight is 283 g/mol. The third kappa shape index (κ3) is 4.55. The van der Waals surface area contributed by atoms with Crippen molar-refractivity contribution in [3.8, 4) is 0 Å². The zero-order valence-electron chi connectivity index (χ0n) is 11.5. The quantitative estimate of drug-likeness (QED) is 0.322. The minimum Gasteiger partial charge on any atom is -0.409 e. The molecule has 5 nitrogen and oxygen atoms in total. The molecule has 0 saturated heterocycles. The maximum atomic E-state index is 12.0. The van der Waals surface area contributed by atoms with Crippen LogP contribution in [0.3, 0.4) is 0 Å². The van der Waals surface area contributed by atoms with Crippen LogP contribution >= 0.6 is 11.3 Å². The largest absolute Gasteiger partial charge is 0.409 e. The van der Waals surface area contributed by atoms with Crippen LogP contribution in [0.1, 0.15) is 30.0 Å². The van der Waals surface area contributed by atoms with Gasteiger partial charge in [-0.05, 0) is 32.4 Å². The molecule has 0 spiro atoms. The smallest absolute Gasteiger partial charge is 0.231 e. The van der Waals surface area contributed by atoms with Crippen molar-refractivity contribution in [2.24, 2.45) is 16.8 Å². The van der Waals surface area contributed by atoms with Gasteiger partial charge in [-0.15, -0.1) is 11.3 Å². The highest BCUT2D eigenvalue weighted by Crippen LogP contribution is 2.17. The van der Waals surface area contributed by atoms with Gasteiger partial charge in [0.25, 0.3) is 0 Å². The molecule has 106 valence electrons. The second kappa shape index (κ2) is 7.13. The summed E-state index contributed by atoms with van der Waals surface area (Å²) in [5, 5.41) is 14.5. The van der Waals surface area contributed by atoms with Crippen molar-refractivity contribution in [1.82, 2.24) is 5.32 Å². The molecule has 19 heavy (non-hydrogen) atoms. The molecular weight excluding hydrogens is 262 g/mol. The van der Waals surface area contributed by atoms with E-state index in [1.54, 1.807) is 11.3 Å². The van der Waals surface area contributed by atoms with Gasteiger partial charge in [0.15, 0.2) is 5.84 Å². The third-order valence-corrected chi connectivity index (χ3v) is 3.91. The molecule has 1 aromatic rings. The summed E-state index contributed by atoms with van der Waals surface area (Å²) in [6.07, 6.45) is 1.30. The van der Waals surface area contributed by atoms with Gasteiger partial charge in [0.1, 0.15) is 0 Å². The Morgan fingerprint density at radius 3 is 2.74 bits per heavy atom. The van der Waals surface area contributed by atoms with E-state index in [2.05, 4.69) is 29.5 Å². The number of carbonyl (C=O) groups is 1. The van der Waals surface area contributed by atoms with Crippen molar-refractivity contribution in [3.63, 3.8) is 0 Å². The Bertz CT molecular complexity index is 456. The lowest BCUT2D eigenvalue weighted by Gasteiger charge is -2.18. The molecule has 2 atom stereocenters. The van der Waals surface area contributed by atoms with E-state index in [9.17, 15) is 4.79 Å². The van der Waals surface area contributed by atoms with E-state index < -0.39 is 5.92 Å². The summed E-state index contributed by atoms with van der Waals surface area (Å²) in [6.45, 7) is 5.84. The Balaban J connectivity index is 2.56. The maximum Gasteiger partial charge on any atom is 0.231 e. The predicted octanol–water partition coefficient (Wildman–Crippen LogP) is 1.88. The number of amides is 1. The van der Waals surface area contributed by atoms with Gasteiger partial charge in [-0.3, -0.25) is 4.79 Å². The molecule has 0 aliphatic carbocycles. The van der Waals surface area contributed by atoms with Gasteiger partial charge in [-0.25, -0.2) is 0 Å². The van der Waals surface area contributed by atoms with Crippen LogP contribution in [0.15, 0.2) is 17.3 Å². The number of thiophene rings is 1. The maximum absolute atomic E-state index is 12.0. The van der Waals surface area contributed by atoms with Crippen LogP contribution in [0.25, 0.3) is 0 Å². The molecule has 0 bridgehead atoms. The van der Waals surface area contributed by atoms with Crippen molar-refractivity contribution in [1.29, 1.82) is 0 Å². The van der Waals surface area contributed by atoms with E-state index in [0.29, 0.717) is 6.42 Å². The van der Waals surface area contributed by atoms with Crippen LogP contribution in [-0.2, 0) is 11.2 Å². The lowest BCUT2D eigenvalue weighted by Crippen LogP contribution is -2.43. The lowest BCUT2D eigenvalue weighted by molar-refractivity contribution is -0.123. The first-order valence-corrected chi connectivity index (χ1v) is 7.12. The molecule has 6 heteroatoms. The van der Waals surface area contributed by atoms with Gasteiger partial charge < -0.3 is 16.3 Å². The molecule has 0 radical (unpaired) electrons. The standard InChI is InChI=1S/C13H21N3O2S/c1-4-11(12(14)16-18)13(17)15-8(2)7-10-6-5-9(3)19-10/h5-6,8,11,18H,4,7H2,1-3H3,(H2,14,16)(H,15,17). The molecule has 1 amide bonds. The molecule has 0 fully saturated rings. The number of aryl methyl sites for hydroxylation is 1. The highest BCUT2D eigenvalue weighted by Gasteiger charge is 2.22. The van der Waals surface area contributed by atoms with E-state index >= 15 is 0 Å². The van der Waals surface area contributed by atoms with E-state index in [4.69, 9.17) is 10.9 Å². The molecule has 4 N–H and O–H groups in total. The molecular formula is C13H21N3O2S. The highest BCUT2D eigenvalue weighted by molar-refractivity contribution is 7.11. The molecule has 0 aromatic carbocycles. The van der Waals surface area contributed by atoms with Gasteiger partial charge in [0.05, 0.1) is 5.92 Å². The van der Waals surface area contributed by atoms with Gasteiger partial charge in [-0.2, -0.15) is 0 Å². The minimum absolute atomic E-state index is 0.0195. The summed E-state index contributed by atoms with van der Waals surface area (Å²) in [6, 6.07) is 4.16. The van der Waals surface area contributed by atoms with Crippen molar-refractivity contribution in [2.75, 3.05) is 0 Å². The number of hydrogen-bond donors (Lipinski definition) is 3. The van der Waals surface area contributed by atoms with E-state index in [1.807, 2.05) is 13.8 Å². The summed E-state index contributed by atoms with van der Waals surface area (Å²) >= 11 is 1.73. The number of oxime groups is 1. The summed E-state index contributed by atoms with van der Waals surface area (Å²) in [4.78, 5) is 14.5. The van der Waals surface area contributed by atoms with E-state index in [0.717, 1.165) is 6.42 Å². The lowest BCUT2D eigenvalue weighted by atomic mass is 10.0. The summed E-state index contributed by atoms with van der Waals surface area (Å²) in [5.41, 5.74) is 5.50. The van der Waals surface area contributed by atoms with Crippen LogP contribution in [0, 0.1) is 12.8 Å². The number of rotatable bonds is 6. The second-order valence-electron chi connectivity index (χ2n) is 4.61. The number of nitrogens with one attached hydrogen (secondary N) is 1. The molecule has 2 unspecified atom stereocenters. The van der Waals surface area contributed by atoms with Gasteiger partial charge in [-0.1, -0.05) is 12.1 Å². The van der Waals surface area contributed by atoms with Gasteiger partial charge >= 0.3 is 0 Å². The second-order valence-corrected chi connectivity index (χ2v) is 5.98. The van der Waals surface area contributed by atoms with Gasteiger partial charge in [0.2, 0.25) is 5.91 Å². The summed E-state index contributed by atoms with van der Waals surface area (Å²) < 4.78 is 0. The van der Waals surface area contributed by atoms with Crippen molar-refractivity contribution in [2.45, 2.75) is 39.7 Å². The first kappa shape index (κ1) is 15.5. The van der Waals surface area contributed by atoms with Crippen LogP contribution in [0.5, 0.6) is 0 Å². The van der Waals surface area contributed by atoms with Crippen molar-refractivity contribution < 1.29 is 10.0 Å². The molecule has 0 aliphatic heterocycles. The predicted molar refractivity (Wildman–Crippen MR) is 77.6 cm³/mol. The van der Waals surface area contributed by atoms with Crippen LogP contribution in [0.4, 0.5) is 0 Å². The number of hydrogen-bond acceptors (Lipinski definition) is 4. The fraction of sp³-hybridized carbons (Fsp3) is 0.538. The molecule has 0 aliphatic rings. The fourth-order valence-corrected chi connectivity index (χ4v) is 2.91. The van der Waals surface area contributed by atoms with Crippen LogP contribution in [-0.4, -0.2) is 23.0 Å². The van der Waals surface area contributed by atoms with E-state index in [1.165, 1.54) is 9.75 Å². The Hall–Kier alpha value is -1.56. The Labute approximate surface area is 117 Å². The monoisotopic (exact) mass is 283 g/mol. The first-order valence-electron chi connectivity index (χ1n) is 6.31. The number of nitrogens with zero attached hydrogens (tertiary/aromatic N) is 1. The Kier molecular flexibility index (Phi) is 5.82. The molecule has 0 saturated carbocycles. The van der Waals surface area contributed by atoms with Crippen molar-refractivity contribution >= 4 is 23.1 Å². The zero-order valence-corrected chi connectivity index (χ0v) is 12.3. The first-order chi connectivity index (χ1) is 8.97. The van der Waals surface area contributed by atoms with Crippen molar-refractivity contribution in [3.05, 3.63) is 21.9 Å². The Morgan fingerprint density at radius 2 is 2.26 bits per heavy atom. The van der Waals surface area contributed by atoms with Crippen LogP contribution < -0.4 is 11.1 Å². The Morgan fingerprint density at radius 1 is 1.58 bits per heavy atom. The SMILES string of the molecule is CCC(C(=O)NC(C)Cc1ccc(C)s1)C(N)=NO. The van der Waals surface area contributed by atoms with Crippen LogP contribution in [0.2, 0.25) is 0 Å². The normalized spacial score (nSPS) is 15.0. The van der Waals surface area contributed by atoms with E-state index in [-0.39, 0.29) is 17.8 Å². The number of amidine groups is 1. The minimum atomic E-state index is -0.572. The molecule has 1 heterocycles. The zero-order chi connectivity index (χ0) is 14.4. The summed E-state index contributed by atoms with van der Waals surface area (Å²) in [5.74, 6) is -0.810. The number of nitrogens with two attached hydrogens (primary N) is 1. The van der Waals surface area contributed by atoms with Gasteiger partial charge in [0, 0.05) is 22.2 Å². The summed E-state index contributed by atoms with van der Waals surface area (Å²) in [7, 11) is 0. The topological polar surface area (TPSA) is 87.7 Å². The molecule has 1 rings (SSSR count). The number of carbonyl (C=O) groups excluding carboxylic acids is 1. The average Bonchev–Trinajstić information content (AvgIpc) is 2.74. The molecule has 1 aromatic heterocycles. The fourth-order valence-electron chi connectivity index (χ4n) is 1.89.